The van der Waals surface area contributed by atoms with E-state index >= 15 is 0 Å². The van der Waals surface area contributed by atoms with Crippen LogP contribution in [-0.4, -0.2) is 6.61 Å². The van der Waals surface area contributed by atoms with E-state index in [4.69, 9.17) is 10.00 Å². The molecule has 0 fully saturated rings. The van der Waals surface area contributed by atoms with Crippen molar-refractivity contribution in [2.24, 2.45) is 0 Å². The van der Waals surface area contributed by atoms with Gasteiger partial charge in [-0.15, -0.1) is 0 Å². The van der Waals surface area contributed by atoms with Crippen LogP contribution < -0.4 is 10.1 Å². The van der Waals surface area contributed by atoms with Crippen LogP contribution >= 0.6 is 0 Å². The second-order valence-electron chi connectivity index (χ2n) is 4.54. The van der Waals surface area contributed by atoms with Crippen LogP contribution in [0.1, 0.15) is 23.6 Å². The fourth-order valence-corrected chi connectivity index (χ4v) is 2.05. The van der Waals surface area contributed by atoms with Crippen molar-refractivity contribution in [3.05, 3.63) is 59.2 Å². The zero-order valence-electron chi connectivity index (χ0n) is 11.8. The van der Waals surface area contributed by atoms with E-state index in [0.717, 1.165) is 17.0 Å². The van der Waals surface area contributed by atoms with Crippen LogP contribution in [0, 0.1) is 18.3 Å². The van der Waals surface area contributed by atoms with Crippen molar-refractivity contribution in [2.45, 2.75) is 20.4 Å². The van der Waals surface area contributed by atoms with Crippen molar-refractivity contribution in [1.82, 2.24) is 0 Å². The van der Waals surface area contributed by atoms with E-state index in [2.05, 4.69) is 11.4 Å². The third-order valence-corrected chi connectivity index (χ3v) is 3.13. The molecule has 102 valence electrons. The highest BCUT2D eigenvalue weighted by Gasteiger charge is 2.04. The molecule has 0 aliphatic rings. The molecule has 0 saturated heterocycles. The molecule has 2 rings (SSSR count). The Balaban J connectivity index is 2.11. The summed E-state index contributed by atoms with van der Waals surface area (Å²) in [4.78, 5) is 0. The Hall–Kier alpha value is -2.47. The topological polar surface area (TPSA) is 45.0 Å². The van der Waals surface area contributed by atoms with Gasteiger partial charge in [-0.05, 0) is 49.2 Å². The van der Waals surface area contributed by atoms with E-state index in [-0.39, 0.29) is 0 Å². The highest BCUT2D eigenvalue weighted by molar-refractivity contribution is 5.56. The summed E-state index contributed by atoms with van der Waals surface area (Å²) in [6.07, 6.45) is 0. The average Bonchev–Trinajstić information content (AvgIpc) is 2.47. The number of anilines is 1. The summed E-state index contributed by atoms with van der Waals surface area (Å²) in [6.45, 7) is 5.35. The summed E-state index contributed by atoms with van der Waals surface area (Å²) in [5.41, 5.74) is 3.97. The number of rotatable bonds is 5. The Morgan fingerprint density at radius 2 is 2.00 bits per heavy atom. The number of nitrogens with one attached hydrogen (secondary N) is 1. The van der Waals surface area contributed by atoms with Gasteiger partial charge >= 0.3 is 0 Å². The fourth-order valence-electron chi connectivity index (χ4n) is 2.05. The van der Waals surface area contributed by atoms with E-state index in [9.17, 15) is 0 Å². The highest BCUT2D eigenvalue weighted by Crippen LogP contribution is 2.24. The minimum Gasteiger partial charge on any atom is -0.492 e. The van der Waals surface area contributed by atoms with Gasteiger partial charge in [0.15, 0.2) is 0 Å². The molecule has 3 nitrogen and oxygen atoms in total. The maximum absolute atomic E-state index is 8.87. The average molecular weight is 266 g/mol. The molecule has 0 aromatic heterocycles. The zero-order chi connectivity index (χ0) is 14.4. The monoisotopic (exact) mass is 266 g/mol. The van der Waals surface area contributed by atoms with E-state index in [1.807, 2.05) is 56.3 Å². The Kier molecular flexibility index (Phi) is 4.62. The number of nitrogens with zero attached hydrogens (tertiary/aromatic N) is 1. The van der Waals surface area contributed by atoms with Gasteiger partial charge in [-0.1, -0.05) is 18.2 Å². The molecule has 2 aromatic rings. The Bertz CT molecular complexity index is 629. The van der Waals surface area contributed by atoms with Crippen LogP contribution in [0.3, 0.4) is 0 Å². The minimum atomic E-state index is 0.647. The lowest BCUT2D eigenvalue weighted by Gasteiger charge is -2.13. The van der Waals surface area contributed by atoms with Crippen molar-refractivity contribution in [3.8, 4) is 11.8 Å². The molecule has 0 radical (unpaired) electrons. The van der Waals surface area contributed by atoms with Gasteiger partial charge in [-0.3, -0.25) is 0 Å². The lowest BCUT2D eigenvalue weighted by atomic mass is 10.1. The summed E-state index contributed by atoms with van der Waals surface area (Å²) >= 11 is 0. The lowest BCUT2D eigenvalue weighted by molar-refractivity contribution is 0.341. The van der Waals surface area contributed by atoms with Gasteiger partial charge in [0, 0.05) is 6.54 Å². The third kappa shape index (κ3) is 3.30. The first-order chi connectivity index (χ1) is 9.74. The van der Waals surface area contributed by atoms with E-state index in [1.165, 1.54) is 5.56 Å². The molecule has 2 aromatic carbocycles. The van der Waals surface area contributed by atoms with Crippen LogP contribution in [0.5, 0.6) is 5.75 Å². The van der Waals surface area contributed by atoms with Crippen LogP contribution in [0.2, 0.25) is 0 Å². The summed E-state index contributed by atoms with van der Waals surface area (Å²) in [5.74, 6) is 0.862. The summed E-state index contributed by atoms with van der Waals surface area (Å²) < 4.78 is 5.59. The first-order valence-corrected chi connectivity index (χ1v) is 6.70. The van der Waals surface area contributed by atoms with Gasteiger partial charge in [0.25, 0.3) is 0 Å². The van der Waals surface area contributed by atoms with Gasteiger partial charge in [0.1, 0.15) is 5.75 Å². The van der Waals surface area contributed by atoms with E-state index < -0.39 is 0 Å². The van der Waals surface area contributed by atoms with E-state index in [0.29, 0.717) is 18.7 Å². The molecule has 0 heterocycles. The number of para-hydroxylation sites is 2. The van der Waals surface area contributed by atoms with Crippen LogP contribution in [0.4, 0.5) is 5.69 Å². The highest BCUT2D eigenvalue weighted by atomic mass is 16.5. The first kappa shape index (κ1) is 14.0. The molecule has 0 aliphatic heterocycles. The second kappa shape index (κ2) is 6.63. The van der Waals surface area contributed by atoms with Gasteiger partial charge in [-0.25, -0.2) is 0 Å². The Morgan fingerprint density at radius 3 is 2.70 bits per heavy atom. The molecule has 0 amide bonds. The SMILES string of the molecule is CCOc1ccccc1NCc1ccc(C#N)cc1C. The minimum absolute atomic E-state index is 0.647. The zero-order valence-corrected chi connectivity index (χ0v) is 11.8. The van der Waals surface area contributed by atoms with Gasteiger partial charge in [0.2, 0.25) is 0 Å². The lowest BCUT2D eigenvalue weighted by Crippen LogP contribution is -2.04. The van der Waals surface area contributed by atoms with Crippen molar-refractivity contribution in [2.75, 3.05) is 11.9 Å². The van der Waals surface area contributed by atoms with Crippen molar-refractivity contribution < 1.29 is 4.74 Å². The quantitative estimate of drug-likeness (QED) is 0.893. The molecule has 0 aliphatic carbocycles. The Morgan fingerprint density at radius 1 is 1.20 bits per heavy atom. The van der Waals surface area contributed by atoms with Crippen LogP contribution in [-0.2, 0) is 6.54 Å². The van der Waals surface area contributed by atoms with Crippen molar-refractivity contribution in [3.63, 3.8) is 0 Å². The van der Waals surface area contributed by atoms with Crippen LogP contribution in [0.15, 0.2) is 42.5 Å². The predicted octanol–water partition coefficient (Wildman–Crippen LogP) is 3.88. The molecule has 0 unspecified atom stereocenters. The molecule has 0 spiro atoms. The molecular formula is C17H18N2O. The summed E-state index contributed by atoms with van der Waals surface area (Å²) in [5, 5.41) is 12.3. The second-order valence-corrected chi connectivity index (χ2v) is 4.54. The maximum Gasteiger partial charge on any atom is 0.142 e. The van der Waals surface area contributed by atoms with Gasteiger partial charge in [-0.2, -0.15) is 5.26 Å². The number of benzene rings is 2. The smallest absolute Gasteiger partial charge is 0.142 e. The number of ether oxygens (including phenoxy) is 1. The predicted molar refractivity (Wildman–Crippen MR) is 80.8 cm³/mol. The van der Waals surface area contributed by atoms with Crippen LogP contribution in [0.25, 0.3) is 0 Å². The summed E-state index contributed by atoms with van der Waals surface area (Å²) in [6, 6.07) is 15.8. The molecule has 3 heteroatoms. The molecular weight excluding hydrogens is 248 g/mol. The molecule has 0 atom stereocenters. The number of hydrogen-bond acceptors (Lipinski definition) is 3. The normalized spacial score (nSPS) is 9.85. The fraction of sp³-hybridized carbons (Fsp3) is 0.235. The molecule has 0 bridgehead atoms. The summed E-state index contributed by atoms with van der Waals surface area (Å²) in [7, 11) is 0. The largest absolute Gasteiger partial charge is 0.492 e. The third-order valence-electron chi connectivity index (χ3n) is 3.13. The Labute approximate surface area is 119 Å². The van der Waals surface area contributed by atoms with Crippen molar-refractivity contribution in [1.29, 1.82) is 5.26 Å². The van der Waals surface area contributed by atoms with E-state index in [1.54, 1.807) is 0 Å². The van der Waals surface area contributed by atoms with Gasteiger partial charge in [0.05, 0.1) is 23.9 Å². The number of aryl methyl sites for hydroxylation is 1. The van der Waals surface area contributed by atoms with Gasteiger partial charge < -0.3 is 10.1 Å². The maximum atomic E-state index is 8.87. The standard InChI is InChI=1S/C17H18N2O/c1-3-20-17-7-5-4-6-16(17)19-12-15-9-8-14(11-18)10-13(15)2/h4-10,19H,3,12H2,1-2H3. The van der Waals surface area contributed by atoms with Crippen molar-refractivity contribution >= 4 is 5.69 Å². The number of nitriles is 1. The number of hydrogen-bond donors (Lipinski definition) is 1. The molecule has 20 heavy (non-hydrogen) atoms. The molecule has 1 N–H and O–H groups in total. The first-order valence-electron chi connectivity index (χ1n) is 6.70. The molecule has 0 saturated carbocycles.